The van der Waals surface area contributed by atoms with E-state index in [9.17, 15) is 44.4 Å². The number of nitrogens with two attached hydrogens (primary N) is 4. The van der Waals surface area contributed by atoms with Gasteiger partial charge >= 0.3 is 5.97 Å². The predicted molar refractivity (Wildman–Crippen MR) is 180 cm³/mol. The van der Waals surface area contributed by atoms with Gasteiger partial charge in [0.2, 0.25) is 23.6 Å². The van der Waals surface area contributed by atoms with Crippen molar-refractivity contribution in [1.82, 2.24) is 26.6 Å². The zero-order chi connectivity index (χ0) is 37.1. The Morgan fingerprint density at radius 3 is 2.08 bits per heavy atom. The molecule has 1 fully saturated rings. The summed E-state index contributed by atoms with van der Waals surface area (Å²) < 4.78 is 0. The lowest BCUT2D eigenvalue weighted by Gasteiger charge is -2.29. The summed E-state index contributed by atoms with van der Waals surface area (Å²) in [4.78, 5) is 68.6. The van der Waals surface area contributed by atoms with Gasteiger partial charge < -0.3 is 69.9 Å². The molecule has 17 N–H and O–H groups in total. The van der Waals surface area contributed by atoms with Crippen molar-refractivity contribution in [2.75, 3.05) is 26.2 Å². The van der Waals surface area contributed by atoms with E-state index < -0.39 is 84.7 Å². The summed E-state index contributed by atoms with van der Waals surface area (Å²) in [5.74, 6) is -4.83. The highest BCUT2D eigenvalue weighted by atomic mass is 16.4. The zero-order valence-corrected chi connectivity index (χ0v) is 28.5. The van der Waals surface area contributed by atoms with Gasteiger partial charge in [-0.05, 0) is 70.3 Å². The van der Waals surface area contributed by atoms with Crippen molar-refractivity contribution in [3.05, 3.63) is 0 Å². The Hall–Kier alpha value is -3.62. The highest BCUT2D eigenvalue weighted by molar-refractivity contribution is 5.95. The van der Waals surface area contributed by atoms with Crippen molar-refractivity contribution in [1.29, 1.82) is 0 Å². The van der Waals surface area contributed by atoms with E-state index in [1.807, 2.05) is 0 Å². The third-order valence-electron chi connectivity index (χ3n) is 8.03. The van der Waals surface area contributed by atoms with Crippen molar-refractivity contribution in [3.63, 3.8) is 0 Å². The minimum atomic E-state index is -1.66. The third-order valence-corrected chi connectivity index (χ3v) is 8.03. The fourth-order valence-corrected chi connectivity index (χ4v) is 5.19. The Balaban J connectivity index is 3.16. The van der Waals surface area contributed by atoms with Crippen LogP contribution in [0, 0.1) is 5.92 Å². The fourth-order valence-electron chi connectivity index (χ4n) is 5.19. The Morgan fingerprint density at radius 1 is 0.878 bits per heavy atom. The van der Waals surface area contributed by atoms with Crippen molar-refractivity contribution >= 4 is 35.6 Å². The van der Waals surface area contributed by atoms with E-state index in [0.717, 1.165) is 6.42 Å². The lowest BCUT2D eigenvalue weighted by molar-refractivity contribution is -0.143. The second-order valence-corrected chi connectivity index (χ2v) is 12.8. The number of hydrogen-bond acceptors (Lipinski definition) is 12. The number of aliphatic imine (C=N–C) groups is 1. The van der Waals surface area contributed by atoms with Crippen LogP contribution in [0.15, 0.2) is 4.99 Å². The number of aliphatic carboxylic acids is 1. The van der Waals surface area contributed by atoms with E-state index in [2.05, 4.69) is 31.6 Å². The van der Waals surface area contributed by atoms with Gasteiger partial charge in [0.25, 0.3) is 0 Å². The SMILES string of the molecule is CC(C)C[C@H](NC(=O)[C@@H](NC(=O)[C@H](CO)NC(=O)[C@H]1CCCN1)[C@@H](O)CC[C@H](N)CCCN=C(N)N)C(=O)N[C@@H](CCC(O)CN)C(=O)O. The van der Waals surface area contributed by atoms with Crippen molar-refractivity contribution in [3.8, 4) is 0 Å². The van der Waals surface area contributed by atoms with Crippen molar-refractivity contribution in [2.45, 2.75) is 120 Å². The molecule has 19 heteroatoms. The number of amides is 4. The first kappa shape index (κ1) is 43.4. The Morgan fingerprint density at radius 2 is 1.53 bits per heavy atom. The van der Waals surface area contributed by atoms with Gasteiger partial charge in [0.1, 0.15) is 24.2 Å². The monoisotopic (exact) mass is 702 g/mol. The predicted octanol–water partition coefficient (Wildman–Crippen LogP) is -4.58. The Bertz CT molecular complexity index is 1090. The van der Waals surface area contributed by atoms with Crippen LogP contribution < -0.4 is 49.5 Å². The average Bonchev–Trinajstić information content (AvgIpc) is 3.59. The second-order valence-electron chi connectivity index (χ2n) is 12.8. The van der Waals surface area contributed by atoms with Crippen LogP contribution in [-0.4, -0.2) is 131 Å². The second kappa shape index (κ2) is 22.9. The quantitative estimate of drug-likeness (QED) is 0.0256. The molecule has 8 atom stereocenters. The maximum absolute atomic E-state index is 13.7. The molecule has 0 saturated carbocycles. The minimum Gasteiger partial charge on any atom is -0.480 e. The third kappa shape index (κ3) is 17.0. The molecule has 1 aliphatic heterocycles. The van der Waals surface area contributed by atoms with Crippen LogP contribution in [0.3, 0.4) is 0 Å². The highest BCUT2D eigenvalue weighted by Gasteiger charge is 2.36. The van der Waals surface area contributed by atoms with E-state index in [0.29, 0.717) is 32.4 Å². The molecule has 1 heterocycles. The van der Waals surface area contributed by atoms with E-state index >= 15 is 0 Å². The van der Waals surface area contributed by atoms with Crippen LogP contribution in [0.25, 0.3) is 0 Å². The Kier molecular flexibility index (Phi) is 20.3. The number of carboxylic acid groups (broad SMARTS) is 1. The van der Waals surface area contributed by atoms with Crippen LogP contribution in [0.2, 0.25) is 0 Å². The zero-order valence-electron chi connectivity index (χ0n) is 28.5. The van der Waals surface area contributed by atoms with Gasteiger partial charge in [-0.3, -0.25) is 24.2 Å². The maximum Gasteiger partial charge on any atom is 0.326 e. The van der Waals surface area contributed by atoms with E-state index in [4.69, 9.17) is 22.9 Å². The number of rotatable bonds is 24. The molecule has 0 bridgehead atoms. The first-order valence-electron chi connectivity index (χ1n) is 16.7. The molecule has 0 spiro atoms. The van der Waals surface area contributed by atoms with Crippen molar-refractivity contribution in [2.24, 2.45) is 33.8 Å². The van der Waals surface area contributed by atoms with E-state index in [1.165, 1.54) is 0 Å². The van der Waals surface area contributed by atoms with Gasteiger partial charge in [0.15, 0.2) is 5.96 Å². The summed E-state index contributed by atoms with van der Waals surface area (Å²) in [5.41, 5.74) is 22.2. The van der Waals surface area contributed by atoms with E-state index in [-0.39, 0.29) is 50.5 Å². The fraction of sp³-hybridized carbons (Fsp3) is 0.800. The number of guanidine groups is 1. The molecular weight excluding hydrogens is 644 g/mol. The molecule has 4 amide bonds. The number of aliphatic hydroxyl groups is 3. The normalized spacial score (nSPS) is 18.7. The molecule has 1 unspecified atom stereocenters. The van der Waals surface area contributed by atoms with Crippen molar-refractivity contribution < 1.29 is 44.4 Å². The van der Waals surface area contributed by atoms with Crippen LogP contribution in [0.5, 0.6) is 0 Å². The molecule has 0 aliphatic carbocycles. The summed E-state index contributed by atoms with van der Waals surface area (Å²) in [7, 11) is 0. The summed E-state index contributed by atoms with van der Waals surface area (Å²) in [6.07, 6.45) is -0.0452. The van der Waals surface area contributed by atoms with Gasteiger partial charge in [-0.15, -0.1) is 0 Å². The number of nitrogens with one attached hydrogen (secondary N) is 5. The topological polar surface area (TPSA) is 343 Å². The summed E-state index contributed by atoms with van der Waals surface area (Å²) in [6, 6.07) is -6.75. The van der Waals surface area contributed by atoms with Gasteiger partial charge in [-0.2, -0.15) is 0 Å². The first-order valence-corrected chi connectivity index (χ1v) is 16.7. The molecule has 0 aromatic rings. The summed E-state index contributed by atoms with van der Waals surface area (Å²) in [5, 5.41) is 53.2. The summed E-state index contributed by atoms with van der Waals surface area (Å²) >= 11 is 0. The molecule has 1 rings (SSSR count). The number of hydrogen-bond donors (Lipinski definition) is 13. The molecule has 1 aliphatic rings. The summed E-state index contributed by atoms with van der Waals surface area (Å²) in [6.45, 7) is 3.61. The van der Waals surface area contributed by atoms with Crippen LogP contribution in [-0.2, 0) is 24.0 Å². The molecule has 0 radical (unpaired) electrons. The number of carbonyl (C=O) groups excluding carboxylic acids is 4. The molecule has 282 valence electrons. The minimum absolute atomic E-state index is 0.00501. The standard InChI is InChI=1S/C30H58N10O9/c1-16(2)13-21(26(45)37-20(29(48)49)9-8-18(42)14-31)38-28(47)24(23(43)10-7-17(32)5-3-12-36-30(33)34)40-27(46)22(15-41)39-25(44)19-6-4-11-35-19/h16-24,35,41-43H,3-15,31-32H2,1-2H3,(H,37,45)(H,38,47)(H,39,44)(H,40,46)(H,48,49)(H4,33,34,36)/t17-,18?,19-,20+,21+,22+,23+,24+/m1/s1. The van der Waals surface area contributed by atoms with Crippen LogP contribution in [0.1, 0.15) is 71.6 Å². The van der Waals surface area contributed by atoms with Gasteiger partial charge in [0, 0.05) is 19.1 Å². The number of aliphatic hydroxyl groups excluding tert-OH is 3. The lowest BCUT2D eigenvalue weighted by Crippen LogP contribution is -2.62. The number of nitrogens with zero attached hydrogens (tertiary/aromatic N) is 1. The highest BCUT2D eigenvalue weighted by Crippen LogP contribution is 2.12. The molecule has 0 aromatic heterocycles. The van der Waals surface area contributed by atoms with Gasteiger partial charge in [-0.25, -0.2) is 4.79 Å². The lowest BCUT2D eigenvalue weighted by atomic mass is 9.97. The molecule has 1 saturated heterocycles. The molecule has 49 heavy (non-hydrogen) atoms. The number of carboxylic acids is 1. The van der Waals surface area contributed by atoms with E-state index in [1.54, 1.807) is 13.8 Å². The molecular formula is C30H58N10O9. The van der Waals surface area contributed by atoms with Gasteiger partial charge in [0.05, 0.1) is 24.9 Å². The largest absolute Gasteiger partial charge is 0.480 e. The molecule has 0 aromatic carbocycles. The van der Waals surface area contributed by atoms with Gasteiger partial charge in [-0.1, -0.05) is 13.8 Å². The van der Waals surface area contributed by atoms with Crippen LogP contribution >= 0.6 is 0 Å². The first-order chi connectivity index (χ1) is 23.1. The number of carbonyl (C=O) groups is 5. The Labute approximate surface area is 286 Å². The smallest absolute Gasteiger partial charge is 0.326 e. The average molecular weight is 703 g/mol. The maximum atomic E-state index is 13.7. The molecule has 19 nitrogen and oxygen atoms in total. The van der Waals surface area contributed by atoms with Crippen LogP contribution in [0.4, 0.5) is 0 Å².